The lowest BCUT2D eigenvalue weighted by atomic mass is 10.0. The average molecular weight is 311 g/mol. The summed E-state index contributed by atoms with van der Waals surface area (Å²) in [6.07, 6.45) is 24.9. The van der Waals surface area contributed by atoms with Crippen molar-refractivity contribution in [2.45, 2.75) is 123 Å². The Labute approximate surface area is 140 Å². The number of allylic oxidation sites excluding steroid dienone is 1. The minimum Gasteiger partial charge on any atom is -0.393 e. The van der Waals surface area contributed by atoms with Crippen molar-refractivity contribution >= 4 is 0 Å². The fraction of sp³-hybridized carbons (Fsp3) is 0.905. The molecule has 1 heteroatoms. The van der Waals surface area contributed by atoms with Crippen LogP contribution in [0.4, 0.5) is 0 Å². The molecular formula is C21H42O. The predicted octanol–water partition coefficient (Wildman–Crippen LogP) is 7.18. The molecule has 0 saturated heterocycles. The molecule has 0 unspecified atom stereocenters. The molecule has 0 bridgehead atoms. The standard InChI is InChI=1S/C21H42O/c1-3-5-7-9-11-12-14-16-18-20-21(22)19-17-15-13-10-8-6-4-2/h15,17,21-22H,3-14,16,18-20H2,1-2H3/b17-15-/t21-/m1/s1. The van der Waals surface area contributed by atoms with Crippen molar-refractivity contribution < 1.29 is 5.11 Å². The summed E-state index contributed by atoms with van der Waals surface area (Å²) in [4.78, 5) is 0. The SMILES string of the molecule is CCCCCC/C=C\C[C@@H](O)CCCCCCCCCCC. The van der Waals surface area contributed by atoms with Gasteiger partial charge in [0.15, 0.2) is 0 Å². The van der Waals surface area contributed by atoms with Crippen molar-refractivity contribution in [2.24, 2.45) is 0 Å². The first-order valence-electron chi connectivity index (χ1n) is 10.1. The van der Waals surface area contributed by atoms with Gasteiger partial charge in [0.2, 0.25) is 0 Å². The second kappa shape index (κ2) is 18.7. The Morgan fingerprint density at radius 3 is 1.73 bits per heavy atom. The largest absolute Gasteiger partial charge is 0.393 e. The van der Waals surface area contributed by atoms with Crippen LogP contribution < -0.4 is 0 Å². The number of aliphatic hydroxyl groups is 1. The van der Waals surface area contributed by atoms with Crippen LogP contribution in [-0.4, -0.2) is 11.2 Å². The molecule has 132 valence electrons. The molecule has 22 heavy (non-hydrogen) atoms. The molecule has 0 rings (SSSR count). The van der Waals surface area contributed by atoms with Crippen molar-refractivity contribution in [1.29, 1.82) is 0 Å². The van der Waals surface area contributed by atoms with E-state index in [1.54, 1.807) is 0 Å². The molecule has 0 fully saturated rings. The van der Waals surface area contributed by atoms with Gasteiger partial charge in [-0.2, -0.15) is 0 Å². The number of hydrogen-bond donors (Lipinski definition) is 1. The van der Waals surface area contributed by atoms with Crippen molar-refractivity contribution in [2.75, 3.05) is 0 Å². The van der Waals surface area contributed by atoms with Gasteiger partial charge in [0, 0.05) is 0 Å². The zero-order valence-electron chi connectivity index (χ0n) is 15.5. The summed E-state index contributed by atoms with van der Waals surface area (Å²) >= 11 is 0. The van der Waals surface area contributed by atoms with Gasteiger partial charge in [-0.1, -0.05) is 103 Å². The van der Waals surface area contributed by atoms with Gasteiger partial charge in [0.05, 0.1) is 6.10 Å². The van der Waals surface area contributed by atoms with Crippen LogP contribution in [-0.2, 0) is 0 Å². The molecule has 0 aliphatic carbocycles. The Hall–Kier alpha value is -0.300. The summed E-state index contributed by atoms with van der Waals surface area (Å²) in [6.45, 7) is 4.52. The van der Waals surface area contributed by atoms with Gasteiger partial charge in [0.1, 0.15) is 0 Å². The monoisotopic (exact) mass is 310 g/mol. The van der Waals surface area contributed by atoms with E-state index >= 15 is 0 Å². The molecule has 1 N–H and O–H groups in total. The summed E-state index contributed by atoms with van der Waals surface area (Å²) < 4.78 is 0. The Kier molecular flexibility index (Phi) is 18.5. The first-order valence-corrected chi connectivity index (χ1v) is 10.1. The molecule has 0 aromatic carbocycles. The van der Waals surface area contributed by atoms with Crippen LogP contribution in [0.2, 0.25) is 0 Å². The second-order valence-corrected chi connectivity index (χ2v) is 6.83. The maximum absolute atomic E-state index is 9.94. The van der Waals surface area contributed by atoms with E-state index in [1.807, 2.05) is 0 Å². The fourth-order valence-corrected chi connectivity index (χ4v) is 2.87. The molecule has 0 aromatic heterocycles. The highest BCUT2D eigenvalue weighted by atomic mass is 16.3. The van der Waals surface area contributed by atoms with Gasteiger partial charge < -0.3 is 5.11 Å². The quantitative estimate of drug-likeness (QED) is 0.223. The van der Waals surface area contributed by atoms with Crippen molar-refractivity contribution in [3.05, 3.63) is 12.2 Å². The maximum Gasteiger partial charge on any atom is 0.0574 e. The number of hydrogen-bond acceptors (Lipinski definition) is 1. The van der Waals surface area contributed by atoms with Crippen molar-refractivity contribution in [3.8, 4) is 0 Å². The molecule has 1 atom stereocenters. The van der Waals surface area contributed by atoms with E-state index in [1.165, 1.54) is 89.9 Å². The van der Waals surface area contributed by atoms with Crippen LogP contribution in [0.15, 0.2) is 12.2 Å². The Bertz CT molecular complexity index is 222. The van der Waals surface area contributed by atoms with E-state index < -0.39 is 0 Å². The van der Waals surface area contributed by atoms with Crippen LogP contribution in [0, 0.1) is 0 Å². The zero-order chi connectivity index (χ0) is 16.3. The smallest absolute Gasteiger partial charge is 0.0574 e. The molecule has 0 heterocycles. The molecule has 0 aliphatic rings. The van der Waals surface area contributed by atoms with Crippen LogP contribution in [0.25, 0.3) is 0 Å². The van der Waals surface area contributed by atoms with E-state index in [4.69, 9.17) is 0 Å². The molecule has 0 amide bonds. The van der Waals surface area contributed by atoms with Gasteiger partial charge in [-0.25, -0.2) is 0 Å². The highest BCUT2D eigenvalue weighted by Crippen LogP contribution is 2.12. The third-order valence-electron chi connectivity index (χ3n) is 4.44. The average Bonchev–Trinajstić information content (AvgIpc) is 2.52. The van der Waals surface area contributed by atoms with E-state index in [-0.39, 0.29) is 6.10 Å². The molecule has 1 nitrogen and oxygen atoms in total. The van der Waals surface area contributed by atoms with Gasteiger partial charge in [0.25, 0.3) is 0 Å². The Balaban J connectivity index is 3.21. The topological polar surface area (TPSA) is 20.2 Å². The lowest BCUT2D eigenvalue weighted by Crippen LogP contribution is -2.04. The zero-order valence-corrected chi connectivity index (χ0v) is 15.5. The summed E-state index contributed by atoms with van der Waals surface area (Å²) in [7, 11) is 0. The minimum absolute atomic E-state index is 0.114. The summed E-state index contributed by atoms with van der Waals surface area (Å²) in [5.41, 5.74) is 0. The predicted molar refractivity (Wildman–Crippen MR) is 100 cm³/mol. The van der Waals surface area contributed by atoms with E-state index in [0.717, 1.165) is 12.8 Å². The normalized spacial score (nSPS) is 13.0. The van der Waals surface area contributed by atoms with Gasteiger partial charge in [-0.15, -0.1) is 0 Å². The van der Waals surface area contributed by atoms with E-state index in [2.05, 4.69) is 26.0 Å². The van der Waals surface area contributed by atoms with Gasteiger partial charge in [-0.3, -0.25) is 0 Å². The van der Waals surface area contributed by atoms with Crippen LogP contribution >= 0.6 is 0 Å². The summed E-state index contributed by atoms with van der Waals surface area (Å²) in [5, 5.41) is 9.94. The molecule has 0 saturated carbocycles. The Morgan fingerprint density at radius 2 is 1.14 bits per heavy atom. The van der Waals surface area contributed by atoms with Gasteiger partial charge >= 0.3 is 0 Å². The third-order valence-corrected chi connectivity index (χ3v) is 4.44. The van der Waals surface area contributed by atoms with Crippen LogP contribution in [0.5, 0.6) is 0 Å². The van der Waals surface area contributed by atoms with E-state index in [0.29, 0.717) is 0 Å². The maximum atomic E-state index is 9.94. The van der Waals surface area contributed by atoms with Gasteiger partial charge in [-0.05, 0) is 25.7 Å². The summed E-state index contributed by atoms with van der Waals surface area (Å²) in [6, 6.07) is 0. The molecule has 0 aromatic rings. The number of unbranched alkanes of at least 4 members (excludes halogenated alkanes) is 12. The molecular weight excluding hydrogens is 268 g/mol. The number of aliphatic hydroxyl groups excluding tert-OH is 1. The molecule has 0 spiro atoms. The number of rotatable bonds is 17. The first-order chi connectivity index (χ1) is 10.8. The van der Waals surface area contributed by atoms with Crippen molar-refractivity contribution in [3.63, 3.8) is 0 Å². The highest BCUT2D eigenvalue weighted by Gasteiger charge is 2.01. The van der Waals surface area contributed by atoms with Crippen molar-refractivity contribution in [1.82, 2.24) is 0 Å². The molecule has 0 radical (unpaired) electrons. The Morgan fingerprint density at radius 1 is 0.636 bits per heavy atom. The van der Waals surface area contributed by atoms with Crippen LogP contribution in [0.1, 0.15) is 117 Å². The van der Waals surface area contributed by atoms with E-state index in [9.17, 15) is 5.11 Å². The second-order valence-electron chi connectivity index (χ2n) is 6.83. The lowest BCUT2D eigenvalue weighted by molar-refractivity contribution is 0.163. The lowest BCUT2D eigenvalue weighted by Gasteiger charge is -2.07. The highest BCUT2D eigenvalue weighted by molar-refractivity contribution is 4.83. The minimum atomic E-state index is -0.114. The molecule has 0 aliphatic heterocycles. The van der Waals surface area contributed by atoms with Crippen LogP contribution in [0.3, 0.4) is 0 Å². The third kappa shape index (κ3) is 17.8. The first kappa shape index (κ1) is 21.7. The summed E-state index contributed by atoms with van der Waals surface area (Å²) in [5.74, 6) is 0. The fourth-order valence-electron chi connectivity index (χ4n) is 2.87.